The van der Waals surface area contributed by atoms with E-state index in [0.717, 1.165) is 12.2 Å². The molecule has 0 heterocycles. The van der Waals surface area contributed by atoms with Crippen molar-refractivity contribution in [1.29, 1.82) is 0 Å². The molecular weight excluding hydrogens is 172 g/mol. The summed E-state index contributed by atoms with van der Waals surface area (Å²) in [6.07, 6.45) is 2.77. The van der Waals surface area contributed by atoms with E-state index < -0.39 is 0 Å². The van der Waals surface area contributed by atoms with E-state index in [2.05, 4.69) is 0 Å². The Labute approximate surface area is 77.6 Å². The summed E-state index contributed by atoms with van der Waals surface area (Å²) < 4.78 is 5.03. The van der Waals surface area contributed by atoms with Crippen LogP contribution in [0.15, 0.2) is 35.9 Å². The summed E-state index contributed by atoms with van der Waals surface area (Å²) in [6, 6.07) is 7.93. The minimum absolute atomic E-state index is 0.869. The monoisotopic (exact) mass is 182 g/mol. The maximum Gasteiger partial charge on any atom is 0.118 e. The fourth-order valence-corrected chi connectivity index (χ4v) is 1.03. The standard InChI is InChI=1S/C10H11ClO/c1-12-10-6-4-9(5-7-10)3-2-8-11/h2,4-8H,3H2,1H3/b8-2+. The molecule has 1 rings (SSSR count). The fraction of sp³-hybridized carbons (Fsp3) is 0.200. The molecule has 0 bridgehead atoms. The van der Waals surface area contributed by atoms with Crippen molar-refractivity contribution < 1.29 is 4.74 Å². The molecule has 0 N–H and O–H groups in total. The Morgan fingerprint density at radius 3 is 2.50 bits per heavy atom. The van der Waals surface area contributed by atoms with Gasteiger partial charge in [-0.15, -0.1) is 0 Å². The molecule has 0 aliphatic carbocycles. The third-order valence-electron chi connectivity index (χ3n) is 1.60. The second-order valence-corrected chi connectivity index (χ2v) is 2.67. The zero-order chi connectivity index (χ0) is 8.81. The highest BCUT2D eigenvalue weighted by Gasteiger charge is 1.90. The molecule has 0 radical (unpaired) electrons. The number of allylic oxidation sites excluding steroid dienone is 1. The third-order valence-corrected chi connectivity index (χ3v) is 1.78. The molecule has 0 saturated carbocycles. The van der Waals surface area contributed by atoms with Gasteiger partial charge < -0.3 is 4.74 Å². The van der Waals surface area contributed by atoms with Crippen LogP contribution in [-0.4, -0.2) is 7.11 Å². The Balaban J connectivity index is 2.64. The summed E-state index contributed by atoms with van der Waals surface area (Å²) in [5.41, 5.74) is 2.76. The first-order valence-corrected chi connectivity index (χ1v) is 4.18. The van der Waals surface area contributed by atoms with Gasteiger partial charge in [0.2, 0.25) is 0 Å². The number of methoxy groups -OCH3 is 1. The van der Waals surface area contributed by atoms with Gasteiger partial charge in [-0.1, -0.05) is 29.8 Å². The second kappa shape index (κ2) is 4.83. The summed E-state index contributed by atoms with van der Waals surface area (Å²) in [6.45, 7) is 0. The first kappa shape index (κ1) is 9.14. The van der Waals surface area contributed by atoms with E-state index in [1.165, 1.54) is 11.1 Å². The molecule has 0 atom stereocenters. The average Bonchev–Trinajstić information content (AvgIpc) is 2.15. The SMILES string of the molecule is COc1ccc(C/C=C/Cl)cc1. The molecule has 0 unspecified atom stereocenters. The second-order valence-electron chi connectivity index (χ2n) is 2.41. The molecule has 0 aliphatic heterocycles. The number of hydrogen-bond donors (Lipinski definition) is 0. The summed E-state index contributed by atoms with van der Waals surface area (Å²) in [4.78, 5) is 0. The number of benzene rings is 1. The highest BCUT2D eigenvalue weighted by atomic mass is 35.5. The Hall–Kier alpha value is -0.950. The van der Waals surface area contributed by atoms with E-state index in [0.29, 0.717) is 0 Å². The summed E-state index contributed by atoms with van der Waals surface area (Å²) in [5.74, 6) is 0.883. The van der Waals surface area contributed by atoms with Gasteiger partial charge >= 0.3 is 0 Å². The lowest BCUT2D eigenvalue weighted by atomic mass is 10.1. The fourth-order valence-electron chi connectivity index (χ4n) is 0.942. The van der Waals surface area contributed by atoms with Crippen LogP contribution in [0.1, 0.15) is 5.56 Å². The normalized spacial score (nSPS) is 10.5. The number of halogens is 1. The first-order valence-electron chi connectivity index (χ1n) is 3.75. The third kappa shape index (κ3) is 2.59. The van der Waals surface area contributed by atoms with Gasteiger partial charge in [0, 0.05) is 5.54 Å². The zero-order valence-electron chi connectivity index (χ0n) is 6.96. The Morgan fingerprint density at radius 1 is 1.33 bits per heavy atom. The van der Waals surface area contributed by atoms with Crippen molar-refractivity contribution in [2.75, 3.05) is 7.11 Å². The van der Waals surface area contributed by atoms with Crippen LogP contribution in [0.25, 0.3) is 0 Å². The molecule has 0 spiro atoms. The van der Waals surface area contributed by atoms with E-state index in [4.69, 9.17) is 16.3 Å². The van der Waals surface area contributed by atoms with Crippen LogP contribution in [0.5, 0.6) is 5.75 Å². The minimum Gasteiger partial charge on any atom is -0.497 e. The number of hydrogen-bond acceptors (Lipinski definition) is 1. The molecule has 0 aromatic heterocycles. The van der Waals surface area contributed by atoms with Gasteiger partial charge in [0.15, 0.2) is 0 Å². The lowest BCUT2D eigenvalue weighted by molar-refractivity contribution is 0.414. The van der Waals surface area contributed by atoms with Crippen LogP contribution >= 0.6 is 11.6 Å². The van der Waals surface area contributed by atoms with Crippen LogP contribution in [-0.2, 0) is 6.42 Å². The lowest BCUT2D eigenvalue weighted by Crippen LogP contribution is -1.83. The van der Waals surface area contributed by atoms with Crippen LogP contribution in [0, 0.1) is 0 Å². The van der Waals surface area contributed by atoms with Gasteiger partial charge in [-0.05, 0) is 24.1 Å². The molecule has 0 fully saturated rings. The predicted octanol–water partition coefficient (Wildman–Crippen LogP) is 2.99. The van der Waals surface area contributed by atoms with Crippen molar-refractivity contribution in [3.63, 3.8) is 0 Å². The summed E-state index contributed by atoms with van der Waals surface area (Å²) in [7, 11) is 1.66. The first-order chi connectivity index (χ1) is 5.86. The van der Waals surface area contributed by atoms with Crippen molar-refractivity contribution in [3.05, 3.63) is 41.4 Å². The maximum absolute atomic E-state index is 5.40. The molecule has 0 saturated heterocycles. The molecule has 1 nitrogen and oxygen atoms in total. The van der Waals surface area contributed by atoms with Gasteiger partial charge in [0.05, 0.1) is 7.11 Å². The molecular formula is C10H11ClO. The average molecular weight is 183 g/mol. The zero-order valence-corrected chi connectivity index (χ0v) is 7.71. The van der Waals surface area contributed by atoms with Gasteiger partial charge in [-0.25, -0.2) is 0 Å². The smallest absolute Gasteiger partial charge is 0.118 e. The van der Waals surface area contributed by atoms with Crippen LogP contribution in [0.4, 0.5) is 0 Å². The van der Waals surface area contributed by atoms with Gasteiger partial charge in [-0.2, -0.15) is 0 Å². The van der Waals surface area contributed by atoms with Crippen LogP contribution in [0.3, 0.4) is 0 Å². The van der Waals surface area contributed by atoms with Crippen molar-refractivity contribution in [2.45, 2.75) is 6.42 Å². The van der Waals surface area contributed by atoms with Crippen molar-refractivity contribution in [3.8, 4) is 5.75 Å². The topological polar surface area (TPSA) is 9.23 Å². The van der Waals surface area contributed by atoms with Crippen molar-refractivity contribution in [1.82, 2.24) is 0 Å². The molecule has 0 aliphatic rings. The highest BCUT2D eigenvalue weighted by Crippen LogP contribution is 2.11. The molecule has 0 amide bonds. The van der Waals surface area contributed by atoms with E-state index in [1.54, 1.807) is 7.11 Å². The van der Waals surface area contributed by atoms with E-state index in [1.807, 2.05) is 30.3 Å². The molecule has 2 heteroatoms. The quantitative estimate of drug-likeness (QED) is 0.699. The van der Waals surface area contributed by atoms with Crippen LogP contribution in [0.2, 0.25) is 0 Å². The van der Waals surface area contributed by atoms with Crippen molar-refractivity contribution >= 4 is 11.6 Å². The minimum atomic E-state index is 0.869. The van der Waals surface area contributed by atoms with E-state index in [-0.39, 0.29) is 0 Å². The summed E-state index contributed by atoms with van der Waals surface area (Å²) >= 11 is 5.40. The van der Waals surface area contributed by atoms with Gasteiger partial charge in [-0.3, -0.25) is 0 Å². The largest absolute Gasteiger partial charge is 0.497 e. The number of ether oxygens (including phenoxy) is 1. The maximum atomic E-state index is 5.40. The van der Waals surface area contributed by atoms with E-state index in [9.17, 15) is 0 Å². The Morgan fingerprint density at radius 2 is 2.00 bits per heavy atom. The predicted molar refractivity (Wildman–Crippen MR) is 51.7 cm³/mol. The molecule has 64 valence electrons. The lowest BCUT2D eigenvalue weighted by Gasteiger charge is -1.99. The number of rotatable bonds is 3. The van der Waals surface area contributed by atoms with E-state index >= 15 is 0 Å². The van der Waals surface area contributed by atoms with Crippen molar-refractivity contribution in [2.24, 2.45) is 0 Å². The molecule has 1 aromatic carbocycles. The highest BCUT2D eigenvalue weighted by molar-refractivity contribution is 6.25. The Kier molecular flexibility index (Phi) is 3.68. The Bertz CT molecular complexity index is 251. The molecule has 1 aromatic rings. The van der Waals surface area contributed by atoms with Gasteiger partial charge in [0.25, 0.3) is 0 Å². The molecule has 12 heavy (non-hydrogen) atoms. The van der Waals surface area contributed by atoms with Crippen LogP contribution < -0.4 is 4.74 Å². The van der Waals surface area contributed by atoms with Gasteiger partial charge in [0.1, 0.15) is 5.75 Å². The summed E-state index contributed by atoms with van der Waals surface area (Å²) in [5, 5.41) is 0.